The van der Waals surface area contributed by atoms with Gasteiger partial charge >= 0.3 is 5.69 Å². The van der Waals surface area contributed by atoms with Crippen molar-refractivity contribution in [3.63, 3.8) is 0 Å². The summed E-state index contributed by atoms with van der Waals surface area (Å²) in [4.78, 5) is 19.3. The van der Waals surface area contributed by atoms with Crippen LogP contribution in [0, 0.1) is 21.4 Å². The lowest BCUT2D eigenvalue weighted by molar-refractivity contribution is -0.384. The number of ether oxygens (including phenoxy) is 1. The van der Waals surface area contributed by atoms with E-state index < -0.39 is 4.92 Å². The zero-order valence-corrected chi connectivity index (χ0v) is 13.6. The molecule has 0 amide bonds. The van der Waals surface area contributed by atoms with Crippen LogP contribution in [0.4, 0.5) is 11.5 Å². The number of rotatable bonds is 5. The van der Waals surface area contributed by atoms with Crippen molar-refractivity contribution in [2.45, 2.75) is 25.9 Å². The Morgan fingerprint density at radius 3 is 2.65 bits per heavy atom. The summed E-state index contributed by atoms with van der Waals surface area (Å²) in [5.74, 6) is 0.277. The van der Waals surface area contributed by atoms with E-state index in [0.717, 1.165) is 6.54 Å². The third-order valence-electron chi connectivity index (χ3n) is 4.16. The van der Waals surface area contributed by atoms with Gasteiger partial charge in [0.1, 0.15) is 11.6 Å². The fourth-order valence-corrected chi connectivity index (χ4v) is 3.11. The van der Waals surface area contributed by atoms with Crippen molar-refractivity contribution in [3.05, 3.63) is 27.9 Å². The van der Waals surface area contributed by atoms with Crippen LogP contribution in [-0.4, -0.2) is 60.2 Å². The van der Waals surface area contributed by atoms with E-state index in [2.05, 4.69) is 23.7 Å². The number of aromatic nitrogens is 1. The number of nitriles is 1. The molecule has 0 unspecified atom stereocenters. The molecule has 2 rings (SSSR count). The molecule has 0 radical (unpaired) electrons. The molecule has 8 heteroatoms. The highest BCUT2D eigenvalue weighted by Gasteiger charge is 2.34. The van der Waals surface area contributed by atoms with Gasteiger partial charge in [-0.2, -0.15) is 5.26 Å². The average Bonchev–Trinajstić information content (AvgIpc) is 2.53. The number of anilines is 1. The Bertz CT molecular complexity index is 604. The van der Waals surface area contributed by atoms with Crippen molar-refractivity contribution < 1.29 is 9.66 Å². The first-order chi connectivity index (χ1) is 11.0. The molecule has 0 spiro atoms. The van der Waals surface area contributed by atoms with Crippen molar-refractivity contribution in [3.8, 4) is 6.07 Å². The number of nitrogens with zero attached hydrogens (tertiary/aromatic N) is 5. The van der Waals surface area contributed by atoms with E-state index in [9.17, 15) is 10.1 Å². The molecule has 124 valence electrons. The van der Waals surface area contributed by atoms with E-state index in [1.165, 1.54) is 12.3 Å². The lowest BCUT2D eigenvalue weighted by atomic mass is 10.1. The molecule has 1 aromatic rings. The predicted octanol–water partition coefficient (Wildman–Crippen LogP) is 1.41. The Labute approximate surface area is 135 Å². The van der Waals surface area contributed by atoms with Crippen LogP contribution in [0.25, 0.3) is 0 Å². The summed E-state index contributed by atoms with van der Waals surface area (Å²) < 4.78 is 5.14. The van der Waals surface area contributed by atoms with E-state index in [0.29, 0.717) is 19.7 Å². The van der Waals surface area contributed by atoms with Crippen LogP contribution < -0.4 is 4.90 Å². The van der Waals surface area contributed by atoms with Crippen LogP contribution in [0.3, 0.4) is 0 Å². The molecule has 8 nitrogen and oxygen atoms in total. The van der Waals surface area contributed by atoms with Crippen LogP contribution in [0.5, 0.6) is 0 Å². The van der Waals surface area contributed by atoms with Crippen molar-refractivity contribution in [2.24, 2.45) is 0 Å². The second-order valence-corrected chi connectivity index (χ2v) is 5.73. The largest absolute Gasteiger partial charge is 0.383 e. The minimum atomic E-state index is -0.520. The van der Waals surface area contributed by atoms with E-state index >= 15 is 0 Å². The standard InChI is InChI=1S/C15H21N5O3/c1-11-9-18(10-12(2)19(11)6-7-23-3)15-14(20(21)22)13(8-16)4-5-17-15/h4-5,11-12H,6-7,9-10H2,1-3H3/t11-,12-/m1/s1. The average molecular weight is 319 g/mol. The van der Waals surface area contributed by atoms with E-state index in [-0.39, 0.29) is 29.2 Å². The number of hydrogen-bond acceptors (Lipinski definition) is 7. The summed E-state index contributed by atoms with van der Waals surface area (Å²) in [5.41, 5.74) is -0.165. The highest BCUT2D eigenvalue weighted by atomic mass is 16.6. The van der Waals surface area contributed by atoms with Gasteiger partial charge in [0.05, 0.1) is 11.5 Å². The Morgan fingerprint density at radius 1 is 1.48 bits per heavy atom. The molecule has 0 bridgehead atoms. The quantitative estimate of drug-likeness (QED) is 0.598. The number of piperazine rings is 1. The van der Waals surface area contributed by atoms with Gasteiger partial charge in [-0.25, -0.2) is 4.98 Å². The Morgan fingerprint density at radius 2 is 2.13 bits per heavy atom. The van der Waals surface area contributed by atoms with Gasteiger partial charge in [0.15, 0.2) is 0 Å². The highest BCUT2D eigenvalue weighted by Crippen LogP contribution is 2.31. The molecule has 1 saturated heterocycles. The minimum absolute atomic E-state index is 0.0436. The molecule has 2 atom stereocenters. The SMILES string of the molecule is COCCN1[C@H](C)CN(c2nccc(C#N)c2[N+](=O)[O-])C[C@H]1C. The van der Waals surface area contributed by atoms with Gasteiger partial charge in [0.25, 0.3) is 0 Å². The second-order valence-electron chi connectivity index (χ2n) is 5.73. The van der Waals surface area contributed by atoms with E-state index in [1.54, 1.807) is 7.11 Å². The number of hydrogen-bond donors (Lipinski definition) is 0. The number of methoxy groups -OCH3 is 1. The molecule has 23 heavy (non-hydrogen) atoms. The molecule has 0 saturated carbocycles. The van der Waals surface area contributed by atoms with Gasteiger partial charge in [-0.3, -0.25) is 15.0 Å². The van der Waals surface area contributed by atoms with Gasteiger partial charge < -0.3 is 9.64 Å². The first-order valence-electron chi connectivity index (χ1n) is 7.52. The molecular weight excluding hydrogens is 298 g/mol. The summed E-state index contributed by atoms with van der Waals surface area (Å²) in [6.45, 7) is 6.88. The first kappa shape index (κ1) is 17.1. The molecule has 0 N–H and O–H groups in total. The molecule has 1 aromatic heterocycles. The van der Waals surface area contributed by atoms with Crippen molar-refractivity contribution in [2.75, 3.05) is 38.3 Å². The molecule has 2 heterocycles. The maximum absolute atomic E-state index is 11.4. The van der Waals surface area contributed by atoms with Gasteiger partial charge in [-0.05, 0) is 19.9 Å². The van der Waals surface area contributed by atoms with E-state index in [1.807, 2.05) is 11.0 Å². The third-order valence-corrected chi connectivity index (χ3v) is 4.16. The topological polar surface area (TPSA) is 95.5 Å². The monoisotopic (exact) mass is 319 g/mol. The van der Waals surface area contributed by atoms with Crippen molar-refractivity contribution >= 4 is 11.5 Å². The second kappa shape index (κ2) is 7.35. The van der Waals surface area contributed by atoms with Crippen molar-refractivity contribution in [1.82, 2.24) is 9.88 Å². The number of pyridine rings is 1. The molecule has 1 aliphatic heterocycles. The normalized spacial score (nSPS) is 21.9. The smallest absolute Gasteiger partial charge is 0.329 e. The Balaban J connectivity index is 2.28. The lowest BCUT2D eigenvalue weighted by Gasteiger charge is -2.44. The summed E-state index contributed by atoms with van der Waals surface area (Å²) in [5, 5.41) is 20.5. The maximum Gasteiger partial charge on any atom is 0.329 e. The summed E-state index contributed by atoms with van der Waals surface area (Å²) >= 11 is 0. The molecular formula is C15H21N5O3. The fourth-order valence-electron chi connectivity index (χ4n) is 3.11. The van der Waals surface area contributed by atoms with Crippen LogP contribution >= 0.6 is 0 Å². The third kappa shape index (κ3) is 3.57. The van der Waals surface area contributed by atoms with Gasteiger partial charge in [-0.1, -0.05) is 0 Å². The summed E-state index contributed by atoms with van der Waals surface area (Å²) in [6.07, 6.45) is 1.45. The Kier molecular flexibility index (Phi) is 5.47. The predicted molar refractivity (Wildman–Crippen MR) is 85.3 cm³/mol. The highest BCUT2D eigenvalue weighted by molar-refractivity contribution is 5.65. The molecule has 1 fully saturated rings. The van der Waals surface area contributed by atoms with Gasteiger partial charge in [0, 0.05) is 45.0 Å². The zero-order chi connectivity index (χ0) is 17.0. The Hall–Kier alpha value is -2.24. The molecule has 0 aromatic carbocycles. The fraction of sp³-hybridized carbons (Fsp3) is 0.600. The van der Waals surface area contributed by atoms with Gasteiger partial charge in [-0.15, -0.1) is 0 Å². The lowest BCUT2D eigenvalue weighted by Crippen LogP contribution is -2.57. The van der Waals surface area contributed by atoms with Crippen LogP contribution in [0.15, 0.2) is 12.3 Å². The van der Waals surface area contributed by atoms with E-state index in [4.69, 9.17) is 10.00 Å². The minimum Gasteiger partial charge on any atom is -0.383 e. The molecule has 1 aliphatic rings. The van der Waals surface area contributed by atoms with Gasteiger partial charge in [0.2, 0.25) is 5.82 Å². The first-order valence-corrected chi connectivity index (χ1v) is 7.52. The number of nitro groups is 1. The zero-order valence-electron chi connectivity index (χ0n) is 13.6. The van der Waals surface area contributed by atoms with Crippen LogP contribution in [0.1, 0.15) is 19.4 Å². The molecule has 0 aliphatic carbocycles. The van der Waals surface area contributed by atoms with Crippen molar-refractivity contribution in [1.29, 1.82) is 5.26 Å². The summed E-state index contributed by atoms with van der Waals surface area (Å²) in [7, 11) is 1.67. The van der Waals surface area contributed by atoms with Crippen LogP contribution in [0.2, 0.25) is 0 Å². The summed E-state index contributed by atoms with van der Waals surface area (Å²) in [6, 6.07) is 3.68. The maximum atomic E-state index is 11.4. The van der Waals surface area contributed by atoms with Crippen LogP contribution in [-0.2, 0) is 4.74 Å².